The molecule has 0 heterocycles. The van der Waals surface area contributed by atoms with Gasteiger partial charge in [0.1, 0.15) is 11.8 Å². The zero-order chi connectivity index (χ0) is 10.3. The number of carbonyl (C=O) groups is 1. The minimum Gasteiger partial charge on any atom is -0.507 e. The van der Waals surface area contributed by atoms with Gasteiger partial charge in [-0.05, 0) is 12.1 Å². The van der Waals surface area contributed by atoms with Gasteiger partial charge < -0.3 is 15.3 Å². The van der Waals surface area contributed by atoms with E-state index in [0.717, 1.165) is 0 Å². The zero-order valence-corrected chi connectivity index (χ0v) is 6.51. The fourth-order valence-corrected chi connectivity index (χ4v) is 0.568. The number of benzene rings is 1. The summed E-state index contributed by atoms with van der Waals surface area (Å²) in [7, 11) is 0. The third-order valence-electron chi connectivity index (χ3n) is 1.02. The first-order chi connectivity index (χ1) is 6.07. The molecule has 13 heavy (non-hydrogen) atoms. The zero-order valence-electron chi connectivity index (χ0n) is 6.51. The Morgan fingerprint density at radius 1 is 1.31 bits per heavy atom. The Balaban J connectivity index is 0.000000310. The predicted octanol–water partition coefficient (Wildman–Crippen LogP) is 1.49. The van der Waals surface area contributed by atoms with Crippen molar-refractivity contribution in [2.75, 3.05) is 0 Å². The second-order valence-corrected chi connectivity index (χ2v) is 1.91. The van der Waals surface area contributed by atoms with Gasteiger partial charge >= 0.3 is 6.16 Å². The average Bonchev–Trinajstić information content (AvgIpc) is 2.04. The molecule has 0 radical (unpaired) electrons. The van der Waals surface area contributed by atoms with Gasteiger partial charge in [-0.25, -0.2) is 4.79 Å². The SMILES string of the molecule is N#Cc1ccccc1O.O=C(O)O. The van der Waals surface area contributed by atoms with Crippen LogP contribution in [0.1, 0.15) is 5.56 Å². The Morgan fingerprint density at radius 3 is 2.08 bits per heavy atom. The Bertz CT molecular complexity index is 325. The number of aromatic hydroxyl groups is 1. The van der Waals surface area contributed by atoms with E-state index in [2.05, 4.69) is 0 Å². The van der Waals surface area contributed by atoms with Crippen molar-refractivity contribution in [3.8, 4) is 11.8 Å². The molecular weight excluding hydrogens is 174 g/mol. The molecule has 68 valence electrons. The van der Waals surface area contributed by atoms with Crippen LogP contribution in [0.15, 0.2) is 24.3 Å². The van der Waals surface area contributed by atoms with Gasteiger partial charge in [0, 0.05) is 0 Å². The fraction of sp³-hybridized carbons (Fsp3) is 0. The number of hydrogen-bond donors (Lipinski definition) is 3. The molecule has 0 aliphatic rings. The molecule has 0 aliphatic heterocycles. The highest BCUT2D eigenvalue weighted by Crippen LogP contribution is 2.12. The van der Waals surface area contributed by atoms with Crippen LogP contribution in [-0.4, -0.2) is 21.5 Å². The van der Waals surface area contributed by atoms with E-state index in [0.29, 0.717) is 5.56 Å². The Morgan fingerprint density at radius 2 is 1.77 bits per heavy atom. The number of rotatable bonds is 0. The van der Waals surface area contributed by atoms with E-state index < -0.39 is 6.16 Å². The molecular formula is C8H7NO4. The van der Waals surface area contributed by atoms with E-state index in [1.807, 2.05) is 6.07 Å². The minimum atomic E-state index is -1.83. The lowest BCUT2D eigenvalue weighted by molar-refractivity contribution is 0.137. The summed E-state index contributed by atoms with van der Waals surface area (Å²) < 4.78 is 0. The van der Waals surface area contributed by atoms with Gasteiger partial charge in [0.15, 0.2) is 0 Å². The summed E-state index contributed by atoms with van der Waals surface area (Å²) in [6.45, 7) is 0. The average molecular weight is 181 g/mol. The Kier molecular flexibility index (Phi) is 4.51. The van der Waals surface area contributed by atoms with Crippen LogP contribution in [0, 0.1) is 11.3 Å². The molecule has 0 bridgehead atoms. The molecule has 0 atom stereocenters. The summed E-state index contributed by atoms with van der Waals surface area (Å²) in [6, 6.07) is 8.28. The van der Waals surface area contributed by atoms with Crippen molar-refractivity contribution in [3.05, 3.63) is 29.8 Å². The van der Waals surface area contributed by atoms with Crippen LogP contribution in [0.5, 0.6) is 5.75 Å². The van der Waals surface area contributed by atoms with Gasteiger partial charge in [-0.3, -0.25) is 0 Å². The van der Waals surface area contributed by atoms with E-state index in [-0.39, 0.29) is 5.75 Å². The van der Waals surface area contributed by atoms with Gasteiger partial charge in [0.25, 0.3) is 0 Å². The van der Waals surface area contributed by atoms with Crippen LogP contribution in [0.25, 0.3) is 0 Å². The van der Waals surface area contributed by atoms with Crippen LogP contribution in [0.3, 0.4) is 0 Å². The minimum absolute atomic E-state index is 0.0417. The van der Waals surface area contributed by atoms with Crippen molar-refractivity contribution in [1.29, 1.82) is 5.26 Å². The lowest BCUT2D eigenvalue weighted by Crippen LogP contribution is -1.81. The lowest BCUT2D eigenvalue weighted by Gasteiger charge is -1.89. The molecule has 5 heteroatoms. The summed E-state index contributed by atoms with van der Waals surface area (Å²) in [5.41, 5.74) is 0.317. The van der Waals surface area contributed by atoms with E-state index in [4.69, 9.17) is 25.4 Å². The number of para-hydroxylation sites is 1. The normalized spacial score (nSPS) is 7.62. The number of nitriles is 1. The van der Waals surface area contributed by atoms with E-state index in [9.17, 15) is 0 Å². The first-order valence-electron chi connectivity index (χ1n) is 3.18. The maximum Gasteiger partial charge on any atom is 0.503 e. The third-order valence-corrected chi connectivity index (χ3v) is 1.02. The first-order valence-corrected chi connectivity index (χ1v) is 3.18. The molecule has 3 N–H and O–H groups in total. The molecule has 5 nitrogen and oxygen atoms in total. The fourth-order valence-electron chi connectivity index (χ4n) is 0.568. The molecule has 0 saturated carbocycles. The van der Waals surface area contributed by atoms with Gasteiger partial charge in [-0.15, -0.1) is 0 Å². The highest BCUT2D eigenvalue weighted by Gasteiger charge is 1.93. The molecule has 0 amide bonds. The van der Waals surface area contributed by atoms with Gasteiger partial charge in [-0.2, -0.15) is 5.26 Å². The van der Waals surface area contributed by atoms with Crippen LogP contribution in [0.4, 0.5) is 4.79 Å². The molecule has 0 unspecified atom stereocenters. The number of carboxylic acid groups (broad SMARTS) is 2. The second kappa shape index (κ2) is 5.43. The highest BCUT2D eigenvalue weighted by atomic mass is 16.6. The van der Waals surface area contributed by atoms with Crippen molar-refractivity contribution in [2.45, 2.75) is 0 Å². The molecule has 0 aliphatic carbocycles. The van der Waals surface area contributed by atoms with Crippen molar-refractivity contribution in [2.24, 2.45) is 0 Å². The van der Waals surface area contributed by atoms with E-state index >= 15 is 0 Å². The summed E-state index contributed by atoms with van der Waals surface area (Å²) >= 11 is 0. The lowest BCUT2D eigenvalue weighted by atomic mass is 10.2. The third kappa shape index (κ3) is 5.09. The van der Waals surface area contributed by atoms with Crippen LogP contribution in [-0.2, 0) is 0 Å². The topological polar surface area (TPSA) is 102 Å². The van der Waals surface area contributed by atoms with Gasteiger partial charge in [-0.1, -0.05) is 12.1 Å². The summed E-state index contributed by atoms with van der Waals surface area (Å²) in [6.07, 6.45) is -1.83. The maximum atomic E-state index is 8.89. The number of hydrogen-bond acceptors (Lipinski definition) is 3. The summed E-state index contributed by atoms with van der Waals surface area (Å²) in [5.74, 6) is 0.0417. The number of phenols is 1. The number of nitrogens with zero attached hydrogens (tertiary/aromatic N) is 1. The molecule has 1 aromatic rings. The van der Waals surface area contributed by atoms with E-state index in [1.165, 1.54) is 6.07 Å². The molecule has 1 aromatic carbocycles. The number of phenolic OH excluding ortho intramolecular Hbond substituents is 1. The molecule has 0 saturated heterocycles. The smallest absolute Gasteiger partial charge is 0.503 e. The maximum absolute atomic E-state index is 8.89. The first kappa shape index (κ1) is 10.8. The van der Waals surface area contributed by atoms with Gasteiger partial charge in [0.05, 0.1) is 5.56 Å². The van der Waals surface area contributed by atoms with Crippen molar-refractivity contribution >= 4 is 6.16 Å². The molecule has 0 spiro atoms. The molecule has 0 aromatic heterocycles. The molecule has 0 fully saturated rings. The predicted molar refractivity (Wildman–Crippen MR) is 43.5 cm³/mol. The van der Waals surface area contributed by atoms with Crippen LogP contribution in [0.2, 0.25) is 0 Å². The summed E-state index contributed by atoms with van der Waals surface area (Å²) in [5, 5.41) is 31.1. The largest absolute Gasteiger partial charge is 0.507 e. The van der Waals surface area contributed by atoms with Crippen molar-refractivity contribution in [1.82, 2.24) is 0 Å². The highest BCUT2D eigenvalue weighted by molar-refractivity contribution is 5.53. The monoisotopic (exact) mass is 181 g/mol. The quantitative estimate of drug-likeness (QED) is 0.562. The van der Waals surface area contributed by atoms with Crippen molar-refractivity contribution in [3.63, 3.8) is 0 Å². The standard InChI is InChI=1S/C7H5NO.CH2O3/c8-5-6-3-1-2-4-7(6)9;2-1(3)4/h1-4,9H;(H2,2,3,4). The van der Waals surface area contributed by atoms with Crippen LogP contribution < -0.4 is 0 Å². The van der Waals surface area contributed by atoms with E-state index in [1.54, 1.807) is 18.2 Å². The van der Waals surface area contributed by atoms with Gasteiger partial charge in [0.2, 0.25) is 0 Å². The Labute approximate surface area is 74.1 Å². The molecule has 1 rings (SSSR count). The van der Waals surface area contributed by atoms with Crippen molar-refractivity contribution < 1.29 is 20.1 Å². The second-order valence-electron chi connectivity index (χ2n) is 1.91. The summed E-state index contributed by atoms with van der Waals surface area (Å²) in [4.78, 5) is 8.56. The van der Waals surface area contributed by atoms with Crippen LogP contribution >= 0.6 is 0 Å². The Hall–Kier alpha value is -2.22.